The van der Waals surface area contributed by atoms with Crippen molar-refractivity contribution in [3.8, 4) is 11.8 Å². The number of thioether (sulfide) groups is 1. The average molecular weight is 156 g/mol. The van der Waals surface area contributed by atoms with E-state index in [2.05, 4.69) is 11.8 Å². The third-order valence-corrected chi connectivity index (χ3v) is 2.89. The van der Waals surface area contributed by atoms with E-state index in [4.69, 9.17) is 0 Å². The fourth-order valence-electron chi connectivity index (χ4n) is 1.07. The molecule has 0 aromatic carbocycles. The van der Waals surface area contributed by atoms with E-state index in [1.54, 1.807) is 6.92 Å². The molecule has 10 heavy (non-hydrogen) atoms. The van der Waals surface area contributed by atoms with Crippen molar-refractivity contribution in [1.82, 2.24) is 0 Å². The first-order valence-electron chi connectivity index (χ1n) is 3.52. The lowest BCUT2D eigenvalue weighted by Crippen LogP contribution is -2.17. The molecule has 0 bridgehead atoms. The van der Waals surface area contributed by atoms with Gasteiger partial charge < -0.3 is 5.11 Å². The van der Waals surface area contributed by atoms with Gasteiger partial charge in [-0.25, -0.2) is 0 Å². The normalized spacial score (nSPS) is 27.2. The summed E-state index contributed by atoms with van der Waals surface area (Å²) >= 11 is 1.91. The Morgan fingerprint density at radius 3 is 3.00 bits per heavy atom. The predicted molar refractivity (Wildman–Crippen MR) is 44.9 cm³/mol. The van der Waals surface area contributed by atoms with Gasteiger partial charge in [0.1, 0.15) is 6.10 Å². The molecule has 0 amide bonds. The number of rotatable bonds is 1. The first-order chi connectivity index (χ1) is 4.84. The monoisotopic (exact) mass is 156 g/mol. The molecule has 1 rings (SSSR count). The summed E-state index contributed by atoms with van der Waals surface area (Å²) in [5.74, 6) is 8.21. The Morgan fingerprint density at radius 1 is 1.70 bits per heavy atom. The molecule has 1 heterocycles. The van der Waals surface area contributed by atoms with E-state index in [-0.39, 0.29) is 6.10 Å². The molecule has 1 N–H and O–H groups in total. The van der Waals surface area contributed by atoms with Gasteiger partial charge in [0.05, 0.1) is 0 Å². The molecule has 0 radical (unpaired) electrons. The molecule has 1 nitrogen and oxygen atoms in total. The minimum Gasteiger partial charge on any atom is -0.380 e. The average Bonchev–Trinajstić information content (AvgIpc) is 2.38. The summed E-state index contributed by atoms with van der Waals surface area (Å²) in [6, 6.07) is 0. The van der Waals surface area contributed by atoms with E-state index in [0.717, 1.165) is 12.2 Å². The fraction of sp³-hybridized carbons (Fsp3) is 0.750. The Hall–Kier alpha value is -0.130. The predicted octanol–water partition coefficient (Wildman–Crippen LogP) is 1.12. The molecule has 1 aliphatic rings. The minimum absolute atomic E-state index is 0.375. The Balaban J connectivity index is 2.37. The van der Waals surface area contributed by atoms with Gasteiger partial charge in [-0.15, -0.1) is 5.92 Å². The molecule has 1 aliphatic heterocycles. The van der Waals surface area contributed by atoms with E-state index in [1.807, 2.05) is 11.8 Å². The van der Waals surface area contributed by atoms with Crippen molar-refractivity contribution in [2.24, 2.45) is 5.92 Å². The highest BCUT2D eigenvalue weighted by Crippen LogP contribution is 2.25. The third-order valence-electron chi connectivity index (χ3n) is 1.70. The molecule has 0 aliphatic carbocycles. The van der Waals surface area contributed by atoms with Crippen LogP contribution in [0.3, 0.4) is 0 Å². The quantitative estimate of drug-likeness (QED) is 0.574. The lowest BCUT2D eigenvalue weighted by Gasteiger charge is -2.09. The molecule has 0 aromatic rings. The molecule has 0 spiro atoms. The van der Waals surface area contributed by atoms with Crippen LogP contribution in [-0.2, 0) is 0 Å². The van der Waals surface area contributed by atoms with Gasteiger partial charge >= 0.3 is 0 Å². The molecule has 2 atom stereocenters. The van der Waals surface area contributed by atoms with Crippen LogP contribution in [0.5, 0.6) is 0 Å². The van der Waals surface area contributed by atoms with Crippen LogP contribution in [0.1, 0.15) is 13.3 Å². The van der Waals surface area contributed by atoms with Gasteiger partial charge in [-0.2, -0.15) is 11.8 Å². The number of aliphatic hydroxyl groups is 1. The Kier molecular flexibility index (Phi) is 3.11. The zero-order valence-corrected chi connectivity index (χ0v) is 6.95. The third kappa shape index (κ3) is 1.93. The van der Waals surface area contributed by atoms with Gasteiger partial charge in [0, 0.05) is 5.92 Å². The Morgan fingerprint density at radius 2 is 2.50 bits per heavy atom. The van der Waals surface area contributed by atoms with E-state index < -0.39 is 0 Å². The van der Waals surface area contributed by atoms with Crippen molar-refractivity contribution in [1.29, 1.82) is 0 Å². The SMILES string of the molecule is CC#CC(O)C1CCSC1. The summed E-state index contributed by atoms with van der Waals surface area (Å²) in [6.07, 6.45) is 0.751. The van der Waals surface area contributed by atoms with E-state index in [0.29, 0.717) is 5.92 Å². The van der Waals surface area contributed by atoms with Crippen molar-refractivity contribution in [3.63, 3.8) is 0 Å². The molecule has 1 saturated heterocycles. The van der Waals surface area contributed by atoms with Crippen LogP contribution >= 0.6 is 11.8 Å². The highest BCUT2D eigenvalue weighted by atomic mass is 32.2. The molecule has 1 fully saturated rings. The lowest BCUT2D eigenvalue weighted by atomic mass is 10.0. The lowest BCUT2D eigenvalue weighted by molar-refractivity contribution is 0.175. The van der Waals surface area contributed by atoms with Gasteiger partial charge in [0.25, 0.3) is 0 Å². The van der Waals surface area contributed by atoms with Crippen molar-refractivity contribution in [2.45, 2.75) is 19.4 Å². The molecule has 2 unspecified atom stereocenters. The summed E-state index contributed by atoms with van der Waals surface area (Å²) < 4.78 is 0. The maximum absolute atomic E-state index is 9.36. The number of hydrogen-bond acceptors (Lipinski definition) is 2. The van der Waals surface area contributed by atoms with Crippen LogP contribution < -0.4 is 0 Å². The second-order valence-electron chi connectivity index (χ2n) is 2.46. The van der Waals surface area contributed by atoms with Gasteiger partial charge in [-0.3, -0.25) is 0 Å². The number of hydrogen-bond donors (Lipinski definition) is 1. The molecule has 0 aromatic heterocycles. The Bertz CT molecular complexity index is 150. The molecular formula is C8H12OS. The highest BCUT2D eigenvalue weighted by molar-refractivity contribution is 7.99. The Labute approximate surface area is 66.2 Å². The fourth-order valence-corrected chi connectivity index (χ4v) is 2.36. The first kappa shape index (κ1) is 7.97. The van der Waals surface area contributed by atoms with Crippen LogP contribution in [0.4, 0.5) is 0 Å². The summed E-state index contributed by atoms with van der Waals surface area (Å²) in [5, 5.41) is 9.36. The van der Waals surface area contributed by atoms with Crippen LogP contribution in [0, 0.1) is 17.8 Å². The van der Waals surface area contributed by atoms with Crippen LogP contribution in [0.15, 0.2) is 0 Å². The smallest absolute Gasteiger partial charge is 0.118 e. The maximum Gasteiger partial charge on any atom is 0.118 e. The van der Waals surface area contributed by atoms with Gasteiger partial charge in [-0.05, 0) is 24.9 Å². The van der Waals surface area contributed by atoms with Crippen LogP contribution in [-0.4, -0.2) is 22.7 Å². The standard InChI is InChI=1S/C8H12OS/c1-2-3-8(9)7-4-5-10-6-7/h7-9H,4-6H2,1H3. The molecule has 0 saturated carbocycles. The molecule has 2 heteroatoms. The van der Waals surface area contributed by atoms with Gasteiger partial charge in [-0.1, -0.05) is 5.92 Å². The summed E-state index contributed by atoms with van der Waals surface area (Å²) in [6.45, 7) is 1.77. The van der Waals surface area contributed by atoms with Crippen LogP contribution in [0.2, 0.25) is 0 Å². The van der Waals surface area contributed by atoms with Crippen molar-refractivity contribution in [3.05, 3.63) is 0 Å². The zero-order chi connectivity index (χ0) is 7.40. The maximum atomic E-state index is 9.36. The minimum atomic E-state index is -0.375. The summed E-state index contributed by atoms with van der Waals surface area (Å²) in [7, 11) is 0. The molecule has 56 valence electrons. The summed E-state index contributed by atoms with van der Waals surface area (Å²) in [4.78, 5) is 0. The van der Waals surface area contributed by atoms with Gasteiger partial charge in [0.2, 0.25) is 0 Å². The van der Waals surface area contributed by atoms with E-state index >= 15 is 0 Å². The largest absolute Gasteiger partial charge is 0.380 e. The molecular weight excluding hydrogens is 144 g/mol. The first-order valence-corrected chi connectivity index (χ1v) is 4.68. The second-order valence-corrected chi connectivity index (χ2v) is 3.61. The second kappa shape index (κ2) is 3.90. The zero-order valence-electron chi connectivity index (χ0n) is 6.13. The van der Waals surface area contributed by atoms with Crippen LogP contribution in [0.25, 0.3) is 0 Å². The highest BCUT2D eigenvalue weighted by Gasteiger charge is 2.21. The van der Waals surface area contributed by atoms with E-state index in [9.17, 15) is 5.11 Å². The van der Waals surface area contributed by atoms with Gasteiger partial charge in [0.15, 0.2) is 0 Å². The topological polar surface area (TPSA) is 20.2 Å². The van der Waals surface area contributed by atoms with Crippen molar-refractivity contribution < 1.29 is 5.11 Å². The van der Waals surface area contributed by atoms with Crippen molar-refractivity contribution in [2.75, 3.05) is 11.5 Å². The van der Waals surface area contributed by atoms with E-state index in [1.165, 1.54) is 5.75 Å². The summed E-state index contributed by atoms with van der Waals surface area (Å²) in [5.41, 5.74) is 0. The van der Waals surface area contributed by atoms with Crippen molar-refractivity contribution >= 4 is 11.8 Å². The number of aliphatic hydroxyl groups excluding tert-OH is 1.